The Labute approximate surface area is 108 Å². The van der Waals surface area contributed by atoms with Gasteiger partial charge in [-0.25, -0.2) is 0 Å². The van der Waals surface area contributed by atoms with Crippen molar-refractivity contribution < 1.29 is 9.53 Å². The monoisotopic (exact) mass is 293 g/mol. The molecule has 2 rings (SSSR count). The van der Waals surface area contributed by atoms with Crippen LogP contribution in [0.5, 0.6) is 5.75 Å². The minimum Gasteiger partial charge on any atom is -0.496 e. The van der Waals surface area contributed by atoms with Crippen LogP contribution in [-0.4, -0.2) is 18.0 Å². The third-order valence-corrected chi connectivity index (χ3v) is 3.17. The molecule has 0 unspecified atom stereocenters. The highest BCUT2D eigenvalue weighted by Gasteiger charge is 2.04. The Morgan fingerprint density at radius 1 is 1.41 bits per heavy atom. The van der Waals surface area contributed by atoms with Gasteiger partial charge in [0.25, 0.3) is 0 Å². The lowest BCUT2D eigenvalue weighted by atomic mass is 10.2. The van der Waals surface area contributed by atoms with E-state index in [0.29, 0.717) is 12.2 Å². The molecule has 0 radical (unpaired) electrons. The number of benzene rings is 1. The van der Waals surface area contributed by atoms with Gasteiger partial charge in [-0.05, 0) is 45.8 Å². The first-order valence-corrected chi connectivity index (χ1v) is 5.96. The van der Waals surface area contributed by atoms with Crippen molar-refractivity contribution in [2.75, 3.05) is 7.11 Å². The number of halogens is 1. The zero-order valence-corrected chi connectivity index (χ0v) is 11.0. The van der Waals surface area contributed by atoms with Crippen molar-refractivity contribution in [1.82, 2.24) is 4.57 Å². The van der Waals surface area contributed by atoms with E-state index in [-0.39, 0.29) is 0 Å². The van der Waals surface area contributed by atoms with Gasteiger partial charge in [-0.1, -0.05) is 6.07 Å². The van der Waals surface area contributed by atoms with Crippen molar-refractivity contribution >= 4 is 22.2 Å². The van der Waals surface area contributed by atoms with Gasteiger partial charge in [-0.3, -0.25) is 4.79 Å². The van der Waals surface area contributed by atoms with E-state index >= 15 is 0 Å². The fourth-order valence-corrected chi connectivity index (χ4v) is 2.27. The molecule has 0 N–H and O–H groups in total. The predicted molar refractivity (Wildman–Crippen MR) is 69.6 cm³/mol. The van der Waals surface area contributed by atoms with Crippen molar-refractivity contribution in [2.24, 2.45) is 0 Å². The summed E-state index contributed by atoms with van der Waals surface area (Å²) in [7, 11) is 1.64. The smallest absolute Gasteiger partial charge is 0.166 e. The maximum absolute atomic E-state index is 10.8. The van der Waals surface area contributed by atoms with E-state index in [9.17, 15) is 4.79 Å². The SMILES string of the molecule is COc1ccc(Cn2cccc2C=O)cc1Br. The molecular weight excluding hydrogens is 282 g/mol. The van der Waals surface area contributed by atoms with Crippen LogP contribution >= 0.6 is 15.9 Å². The van der Waals surface area contributed by atoms with Crippen LogP contribution in [0.25, 0.3) is 0 Å². The standard InChI is InChI=1S/C13H12BrNO2/c1-17-13-5-4-10(7-12(13)14)8-15-6-2-3-11(15)9-16/h2-7,9H,8H2,1H3. The summed E-state index contributed by atoms with van der Waals surface area (Å²) in [6.07, 6.45) is 2.75. The van der Waals surface area contributed by atoms with E-state index in [0.717, 1.165) is 22.1 Å². The first-order chi connectivity index (χ1) is 8.24. The van der Waals surface area contributed by atoms with Gasteiger partial charge in [-0.15, -0.1) is 0 Å². The van der Waals surface area contributed by atoms with Crippen LogP contribution in [0.1, 0.15) is 16.1 Å². The molecule has 3 nitrogen and oxygen atoms in total. The molecule has 0 amide bonds. The largest absolute Gasteiger partial charge is 0.496 e. The molecule has 0 bridgehead atoms. The number of carbonyl (C=O) groups excluding carboxylic acids is 1. The van der Waals surface area contributed by atoms with E-state index in [2.05, 4.69) is 15.9 Å². The topological polar surface area (TPSA) is 31.2 Å². The third-order valence-electron chi connectivity index (χ3n) is 2.55. The Bertz CT molecular complexity index is 534. The molecule has 0 saturated carbocycles. The van der Waals surface area contributed by atoms with Crippen molar-refractivity contribution in [1.29, 1.82) is 0 Å². The Balaban J connectivity index is 2.24. The molecule has 17 heavy (non-hydrogen) atoms. The first kappa shape index (κ1) is 11.9. The molecule has 0 aliphatic heterocycles. The summed E-state index contributed by atoms with van der Waals surface area (Å²) < 4.78 is 7.99. The minimum absolute atomic E-state index is 0.670. The number of ether oxygens (including phenoxy) is 1. The number of aldehydes is 1. The van der Waals surface area contributed by atoms with Crippen LogP contribution in [0.4, 0.5) is 0 Å². The second-order valence-corrected chi connectivity index (χ2v) is 4.50. The third kappa shape index (κ3) is 2.58. The number of hydrogen-bond acceptors (Lipinski definition) is 2. The number of methoxy groups -OCH3 is 1. The Morgan fingerprint density at radius 3 is 2.88 bits per heavy atom. The molecule has 0 aliphatic rings. The molecule has 0 fully saturated rings. The molecule has 2 aromatic rings. The van der Waals surface area contributed by atoms with Gasteiger partial charge in [0, 0.05) is 12.7 Å². The summed E-state index contributed by atoms with van der Waals surface area (Å²) in [5.74, 6) is 0.803. The molecular formula is C13H12BrNO2. The number of rotatable bonds is 4. The van der Waals surface area contributed by atoms with Crippen LogP contribution in [0.2, 0.25) is 0 Å². The van der Waals surface area contributed by atoms with Gasteiger partial charge >= 0.3 is 0 Å². The van der Waals surface area contributed by atoms with Crippen molar-refractivity contribution in [2.45, 2.75) is 6.54 Å². The summed E-state index contributed by atoms with van der Waals surface area (Å²) >= 11 is 3.44. The first-order valence-electron chi connectivity index (χ1n) is 5.17. The van der Waals surface area contributed by atoms with Crippen molar-refractivity contribution in [3.63, 3.8) is 0 Å². The Hall–Kier alpha value is -1.55. The Morgan fingerprint density at radius 2 is 2.24 bits per heavy atom. The number of aromatic nitrogens is 1. The number of carbonyl (C=O) groups is 1. The summed E-state index contributed by atoms with van der Waals surface area (Å²) in [6.45, 7) is 0.670. The molecule has 0 saturated heterocycles. The molecule has 1 aromatic heterocycles. The fourth-order valence-electron chi connectivity index (χ4n) is 1.68. The lowest BCUT2D eigenvalue weighted by molar-refractivity contribution is 0.111. The second-order valence-electron chi connectivity index (χ2n) is 3.65. The predicted octanol–water partition coefficient (Wildman–Crippen LogP) is 3.12. The lowest BCUT2D eigenvalue weighted by Gasteiger charge is -2.08. The van der Waals surface area contributed by atoms with Crippen LogP contribution in [0, 0.1) is 0 Å². The molecule has 88 valence electrons. The van der Waals surface area contributed by atoms with Gasteiger partial charge in [0.05, 0.1) is 17.3 Å². The zero-order valence-electron chi connectivity index (χ0n) is 9.39. The van der Waals surface area contributed by atoms with E-state index in [1.165, 1.54) is 0 Å². The summed E-state index contributed by atoms with van der Waals surface area (Å²) in [5.41, 5.74) is 1.79. The highest BCUT2D eigenvalue weighted by Crippen LogP contribution is 2.25. The Kier molecular flexibility index (Phi) is 3.64. The summed E-state index contributed by atoms with van der Waals surface area (Å²) in [6, 6.07) is 9.54. The van der Waals surface area contributed by atoms with Gasteiger partial charge in [0.15, 0.2) is 6.29 Å². The van der Waals surface area contributed by atoms with E-state index in [1.54, 1.807) is 13.2 Å². The van der Waals surface area contributed by atoms with Gasteiger partial charge in [0.1, 0.15) is 5.75 Å². The molecule has 0 atom stereocenters. The van der Waals surface area contributed by atoms with Crippen molar-refractivity contribution in [3.8, 4) is 5.75 Å². The van der Waals surface area contributed by atoms with Gasteiger partial charge in [0.2, 0.25) is 0 Å². The van der Waals surface area contributed by atoms with E-state index in [4.69, 9.17) is 4.74 Å². The average molecular weight is 294 g/mol. The van der Waals surface area contributed by atoms with Crippen LogP contribution < -0.4 is 4.74 Å². The number of nitrogens with zero attached hydrogens (tertiary/aromatic N) is 1. The van der Waals surface area contributed by atoms with E-state index < -0.39 is 0 Å². The van der Waals surface area contributed by atoms with Crippen LogP contribution in [0.15, 0.2) is 41.0 Å². The van der Waals surface area contributed by atoms with Crippen LogP contribution in [0.3, 0.4) is 0 Å². The summed E-state index contributed by atoms with van der Waals surface area (Å²) in [5, 5.41) is 0. The summed E-state index contributed by atoms with van der Waals surface area (Å²) in [4.78, 5) is 10.8. The number of hydrogen-bond donors (Lipinski definition) is 0. The van der Waals surface area contributed by atoms with Gasteiger partial charge < -0.3 is 9.30 Å². The quantitative estimate of drug-likeness (QED) is 0.811. The maximum Gasteiger partial charge on any atom is 0.166 e. The molecule has 1 heterocycles. The zero-order chi connectivity index (χ0) is 12.3. The lowest BCUT2D eigenvalue weighted by Crippen LogP contribution is -2.02. The molecule has 1 aromatic carbocycles. The molecule has 4 heteroatoms. The van der Waals surface area contributed by atoms with E-state index in [1.807, 2.05) is 35.0 Å². The van der Waals surface area contributed by atoms with Gasteiger partial charge in [-0.2, -0.15) is 0 Å². The maximum atomic E-state index is 10.8. The molecule has 0 spiro atoms. The average Bonchev–Trinajstić information content (AvgIpc) is 2.76. The fraction of sp³-hybridized carbons (Fsp3) is 0.154. The second kappa shape index (κ2) is 5.19. The minimum atomic E-state index is 0.670. The normalized spacial score (nSPS) is 10.2. The highest BCUT2D eigenvalue weighted by atomic mass is 79.9. The molecule has 0 aliphatic carbocycles. The van der Waals surface area contributed by atoms with Crippen LogP contribution in [-0.2, 0) is 6.54 Å². The van der Waals surface area contributed by atoms with Crippen molar-refractivity contribution in [3.05, 3.63) is 52.3 Å². The highest BCUT2D eigenvalue weighted by molar-refractivity contribution is 9.10.